The van der Waals surface area contributed by atoms with Crippen molar-refractivity contribution < 1.29 is 4.79 Å². The van der Waals surface area contributed by atoms with Crippen LogP contribution in [-0.2, 0) is 11.2 Å². The highest BCUT2D eigenvalue weighted by Crippen LogP contribution is 2.24. The van der Waals surface area contributed by atoms with Crippen molar-refractivity contribution in [2.45, 2.75) is 25.3 Å². The van der Waals surface area contributed by atoms with Crippen LogP contribution in [-0.4, -0.2) is 12.3 Å². The third-order valence-electron chi connectivity index (χ3n) is 2.52. The molecule has 0 saturated carbocycles. The van der Waals surface area contributed by atoms with Crippen LogP contribution in [0.5, 0.6) is 0 Å². The fourth-order valence-electron chi connectivity index (χ4n) is 1.79. The van der Waals surface area contributed by atoms with Crippen molar-refractivity contribution in [2.24, 2.45) is 0 Å². The quantitative estimate of drug-likeness (QED) is 0.696. The molecule has 0 saturated heterocycles. The molecule has 0 amide bonds. The molecule has 1 aliphatic heterocycles. The molecule has 0 fully saturated rings. The maximum atomic E-state index is 10.3. The molecule has 2 heteroatoms. The number of hydrogen-bond acceptors (Lipinski definition) is 2. The standard InChI is InChI=1S/C11H13NO/c13-8-7-10-6-5-9-3-1-2-4-11(9)12-10/h1-4,8,10,12H,5-7H2. The van der Waals surface area contributed by atoms with E-state index in [4.69, 9.17) is 0 Å². The maximum absolute atomic E-state index is 10.3. The van der Waals surface area contributed by atoms with Crippen molar-refractivity contribution in [2.75, 3.05) is 5.32 Å². The largest absolute Gasteiger partial charge is 0.382 e. The minimum atomic E-state index is 0.340. The van der Waals surface area contributed by atoms with Gasteiger partial charge in [0.25, 0.3) is 0 Å². The van der Waals surface area contributed by atoms with E-state index in [0.717, 1.165) is 19.1 Å². The van der Waals surface area contributed by atoms with Crippen LogP contribution in [0, 0.1) is 0 Å². The Morgan fingerprint density at radius 2 is 2.31 bits per heavy atom. The van der Waals surface area contributed by atoms with E-state index in [-0.39, 0.29) is 0 Å². The van der Waals surface area contributed by atoms with Gasteiger partial charge in [-0.2, -0.15) is 0 Å². The highest BCUT2D eigenvalue weighted by molar-refractivity contribution is 5.57. The van der Waals surface area contributed by atoms with Crippen molar-refractivity contribution in [1.82, 2.24) is 0 Å². The number of nitrogens with one attached hydrogen (secondary N) is 1. The van der Waals surface area contributed by atoms with Gasteiger partial charge >= 0.3 is 0 Å². The Kier molecular flexibility index (Phi) is 2.30. The highest BCUT2D eigenvalue weighted by atomic mass is 16.1. The third-order valence-corrected chi connectivity index (χ3v) is 2.52. The summed E-state index contributed by atoms with van der Waals surface area (Å²) in [5, 5.41) is 3.37. The molecule has 1 heterocycles. The molecule has 1 aromatic carbocycles. The Hall–Kier alpha value is -1.31. The number of rotatable bonds is 2. The summed E-state index contributed by atoms with van der Waals surface area (Å²) in [7, 11) is 0. The molecule has 0 spiro atoms. The van der Waals surface area contributed by atoms with E-state index in [1.54, 1.807) is 0 Å². The van der Waals surface area contributed by atoms with Crippen LogP contribution in [0.25, 0.3) is 0 Å². The van der Waals surface area contributed by atoms with E-state index in [1.165, 1.54) is 11.3 Å². The molecule has 2 rings (SSSR count). The number of anilines is 1. The molecular formula is C11H13NO. The second-order valence-electron chi connectivity index (χ2n) is 3.44. The first-order valence-corrected chi connectivity index (χ1v) is 4.68. The monoisotopic (exact) mass is 175 g/mol. The van der Waals surface area contributed by atoms with E-state index in [0.29, 0.717) is 12.5 Å². The highest BCUT2D eigenvalue weighted by Gasteiger charge is 2.15. The van der Waals surface area contributed by atoms with Crippen LogP contribution in [0.1, 0.15) is 18.4 Å². The molecule has 68 valence electrons. The molecule has 0 aromatic heterocycles. The van der Waals surface area contributed by atoms with Gasteiger partial charge in [-0.05, 0) is 24.5 Å². The maximum Gasteiger partial charge on any atom is 0.122 e. The lowest BCUT2D eigenvalue weighted by Crippen LogP contribution is -2.25. The van der Waals surface area contributed by atoms with E-state index in [2.05, 4.69) is 23.5 Å². The summed E-state index contributed by atoms with van der Waals surface area (Å²) in [5.41, 5.74) is 2.56. The Bertz CT molecular complexity index is 309. The summed E-state index contributed by atoms with van der Waals surface area (Å²) in [6, 6.07) is 8.63. The van der Waals surface area contributed by atoms with Crippen LogP contribution in [0.2, 0.25) is 0 Å². The molecular weight excluding hydrogens is 162 g/mol. The number of para-hydroxylation sites is 1. The Balaban J connectivity index is 2.15. The van der Waals surface area contributed by atoms with E-state index in [1.807, 2.05) is 6.07 Å². The first-order chi connectivity index (χ1) is 6.40. The summed E-state index contributed by atoms with van der Waals surface area (Å²) < 4.78 is 0. The molecule has 0 radical (unpaired) electrons. The van der Waals surface area contributed by atoms with Crippen molar-refractivity contribution >= 4 is 12.0 Å². The minimum absolute atomic E-state index is 0.340. The third kappa shape index (κ3) is 1.72. The van der Waals surface area contributed by atoms with Crippen LogP contribution in [0.4, 0.5) is 5.69 Å². The molecule has 2 nitrogen and oxygen atoms in total. The topological polar surface area (TPSA) is 29.1 Å². The fraction of sp³-hybridized carbons (Fsp3) is 0.364. The molecule has 0 aliphatic carbocycles. The molecule has 1 aliphatic rings. The summed E-state index contributed by atoms with van der Waals surface area (Å²) >= 11 is 0. The van der Waals surface area contributed by atoms with Gasteiger partial charge in [0.15, 0.2) is 0 Å². The van der Waals surface area contributed by atoms with Crippen LogP contribution in [0.3, 0.4) is 0 Å². The van der Waals surface area contributed by atoms with Crippen LogP contribution in [0.15, 0.2) is 24.3 Å². The lowest BCUT2D eigenvalue weighted by Gasteiger charge is -2.25. The summed E-state index contributed by atoms with van der Waals surface area (Å²) in [5.74, 6) is 0. The van der Waals surface area contributed by atoms with Gasteiger partial charge in [0.1, 0.15) is 6.29 Å². The number of fused-ring (bicyclic) bond motifs is 1. The van der Waals surface area contributed by atoms with Crippen molar-refractivity contribution in [3.63, 3.8) is 0 Å². The van der Waals surface area contributed by atoms with Crippen molar-refractivity contribution in [3.8, 4) is 0 Å². The zero-order valence-corrected chi connectivity index (χ0v) is 7.49. The van der Waals surface area contributed by atoms with Crippen molar-refractivity contribution in [1.29, 1.82) is 0 Å². The van der Waals surface area contributed by atoms with Gasteiger partial charge in [0.2, 0.25) is 0 Å². The molecule has 1 aromatic rings. The second-order valence-corrected chi connectivity index (χ2v) is 3.44. The van der Waals surface area contributed by atoms with Crippen LogP contribution >= 0.6 is 0 Å². The number of benzene rings is 1. The zero-order chi connectivity index (χ0) is 9.10. The molecule has 1 N–H and O–H groups in total. The molecule has 0 bridgehead atoms. The lowest BCUT2D eigenvalue weighted by atomic mass is 9.97. The number of aldehydes is 1. The molecule has 13 heavy (non-hydrogen) atoms. The summed E-state index contributed by atoms with van der Waals surface area (Å²) in [6.45, 7) is 0. The number of carbonyl (C=O) groups excluding carboxylic acids is 1. The predicted molar refractivity (Wildman–Crippen MR) is 52.9 cm³/mol. The van der Waals surface area contributed by atoms with Gasteiger partial charge in [-0.15, -0.1) is 0 Å². The van der Waals surface area contributed by atoms with Gasteiger partial charge in [-0.1, -0.05) is 18.2 Å². The SMILES string of the molecule is O=CCC1CCc2ccccc2N1. The average molecular weight is 175 g/mol. The van der Waals surface area contributed by atoms with Crippen LogP contribution < -0.4 is 5.32 Å². The Morgan fingerprint density at radius 3 is 3.15 bits per heavy atom. The fourth-order valence-corrected chi connectivity index (χ4v) is 1.79. The van der Waals surface area contributed by atoms with E-state index >= 15 is 0 Å². The molecule has 1 unspecified atom stereocenters. The second kappa shape index (κ2) is 3.60. The number of hydrogen-bond donors (Lipinski definition) is 1. The number of carbonyl (C=O) groups is 1. The Labute approximate surface area is 78.0 Å². The predicted octanol–water partition coefficient (Wildman–Crippen LogP) is 2.00. The number of aryl methyl sites for hydroxylation is 1. The summed E-state index contributed by atoms with van der Waals surface area (Å²) in [4.78, 5) is 10.3. The Morgan fingerprint density at radius 1 is 1.46 bits per heavy atom. The smallest absolute Gasteiger partial charge is 0.122 e. The van der Waals surface area contributed by atoms with Crippen molar-refractivity contribution in [3.05, 3.63) is 29.8 Å². The summed E-state index contributed by atoms with van der Waals surface area (Å²) in [6.07, 6.45) is 3.76. The zero-order valence-electron chi connectivity index (χ0n) is 7.49. The molecule has 1 atom stereocenters. The van der Waals surface area contributed by atoms with E-state index < -0.39 is 0 Å². The van der Waals surface area contributed by atoms with Gasteiger partial charge in [-0.25, -0.2) is 0 Å². The average Bonchev–Trinajstić information content (AvgIpc) is 2.18. The first-order valence-electron chi connectivity index (χ1n) is 4.68. The normalized spacial score (nSPS) is 20.2. The lowest BCUT2D eigenvalue weighted by molar-refractivity contribution is -0.108. The van der Waals surface area contributed by atoms with Gasteiger partial charge in [-0.3, -0.25) is 0 Å². The van der Waals surface area contributed by atoms with Gasteiger partial charge < -0.3 is 10.1 Å². The van der Waals surface area contributed by atoms with E-state index in [9.17, 15) is 4.79 Å². The van der Waals surface area contributed by atoms with Gasteiger partial charge in [0.05, 0.1) is 0 Å². The minimum Gasteiger partial charge on any atom is -0.382 e. The first kappa shape index (κ1) is 8.30. The van der Waals surface area contributed by atoms with Gasteiger partial charge in [0, 0.05) is 18.2 Å².